The molecule has 1 aliphatic rings. The molecular weight excluding hydrogens is 156 g/mol. The number of hydrogen-bond donors (Lipinski definition) is 1. The van der Waals surface area contributed by atoms with E-state index < -0.39 is 5.97 Å². The Bertz CT molecular complexity index is 321. The summed E-state index contributed by atoms with van der Waals surface area (Å²) in [5.41, 5.74) is 0.0897. The minimum absolute atomic E-state index is 0.0897. The van der Waals surface area contributed by atoms with E-state index >= 15 is 0 Å². The molecule has 1 saturated carbocycles. The number of rotatable bonds is 2. The van der Waals surface area contributed by atoms with E-state index in [0.717, 1.165) is 12.8 Å². The van der Waals surface area contributed by atoms with Gasteiger partial charge in [-0.1, -0.05) is 0 Å². The fourth-order valence-electron chi connectivity index (χ4n) is 1.03. The largest absolute Gasteiger partial charge is 0.477 e. The van der Waals surface area contributed by atoms with Crippen LogP contribution in [0.4, 0.5) is 0 Å². The Labute approximate surface area is 69.3 Å². The second-order valence-corrected chi connectivity index (χ2v) is 2.88. The maximum atomic E-state index is 10.5. The summed E-state index contributed by atoms with van der Waals surface area (Å²) in [6.45, 7) is 0. The summed E-state index contributed by atoms with van der Waals surface area (Å²) in [5.74, 6) is 0.0958. The highest BCUT2D eigenvalue weighted by molar-refractivity contribution is 5.85. The van der Waals surface area contributed by atoms with Crippen LogP contribution in [0, 0.1) is 0 Å². The summed E-state index contributed by atoms with van der Waals surface area (Å²) in [7, 11) is 0. The van der Waals surface area contributed by atoms with Crippen LogP contribution in [0.5, 0.6) is 0 Å². The van der Waals surface area contributed by atoms with Gasteiger partial charge in [0.2, 0.25) is 0 Å². The van der Waals surface area contributed by atoms with Gasteiger partial charge in [0.15, 0.2) is 5.69 Å². The third-order valence-corrected chi connectivity index (χ3v) is 1.84. The van der Waals surface area contributed by atoms with E-state index in [1.807, 2.05) is 0 Å². The Morgan fingerprint density at radius 1 is 1.58 bits per heavy atom. The van der Waals surface area contributed by atoms with Crippen molar-refractivity contribution in [2.24, 2.45) is 0 Å². The monoisotopic (exact) mass is 164 g/mol. The highest BCUT2D eigenvalue weighted by Gasteiger charge is 2.26. The second kappa shape index (κ2) is 2.55. The molecule has 0 bridgehead atoms. The van der Waals surface area contributed by atoms with E-state index in [1.165, 1.54) is 12.3 Å². The van der Waals surface area contributed by atoms with E-state index in [9.17, 15) is 4.79 Å². The zero-order valence-electron chi connectivity index (χ0n) is 6.40. The van der Waals surface area contributed by atoms with E-state index in [2.05, 4.69) is 9.97 Å². The van der Waals surface area contributed by atoms with Gasteiger partial charge >= 0.3 is 5.97 Å². The third kappa shape index (κ3) is 1.28. The molecule has 0 amide bonds. The van der Waals surface area contributed by atoms with Gasteiger partial charge in [-0.2, -0.15) is 0 Å². The number of nitrogens with zero attached hydrogens (tertiary/aromatic N) is 2. The molecule has 1 heterocycles. The molecule has 4 heteroatoms. The Morgan fingerprint density at radius 2 is 2.33 bits per heavy atom. The van der Waals surface area contributed by atoms with Gasteiger partial charge in [0.1, 0.15) is 5.82 Å². The summed E-state index contributed by atoms with van der Waals surface area (Å²) in [4.78, 5) is 18.4. The number of aromatic nitrogens is 2. The number of aromatic carboxylic acids is 1. The van der Waals surface area contributed by atoms with Gasteiger partial charge in [-0.05, 0) is 18.9 Å². The van der Waals surface area contributed by atoms with Crippen LogP contribution >= 0.6 is 0 Å². The fourth-order valence-corrected chi connectivity index (χ4v) is 1.03. The van der Waals surface area contributed by atoms with Crippen LogP contribution < -0.4 is 0 Å². The fraction of sp³-hybridized carbons (Fsp3) is 0.375. The first-order valence-corrected chi connectivity index (χ1v) is 3.83. The van der Waals surface area contributed by atoms with Crippen LogP contribution in [0.1, 0.15) is 35.1 Å². The van der Waals surface area contributed by atoms with Crippen molar-refractivity contribution >= 4 is 5.97 Å². The SMILES string of the molecule is O=C(O)c1ccnc(C2CC2)n1. The van der Waals surface area contributed by atoms with Crippen LogP contribution in [-0.4, -0.2) is 21.0 Å². The van der Waals surface area contributed by atoms with Crippen molar-refractivity contribution in [1.82, 2.24) is 9.97 Å². The molecule has 1 fully saturated rings. The first-order valence-electron chi connectivity index (χ1n) is 3.83. The van der Waals surface area contributed by atoms with Crippen LogP contribution in [0.25, 0.3) is 0 Å². The van der Waals surface area contributed by atoms with Gasteiger partial charge < -0.3 is 5.11 Å². The van der Waals surface area contributed by atoms with Crippen LogP contribution in [0.15, 0.2) is 12.3 Å². The number of carboxylic acids is 1. The van der Waals surface area contributed by atoms with Crippen molar-refractivity contribution in [3.05, 3.63) is 23.8 Å². The summed E-state index contributed by atoms with van der Waals surface area (Å²) in [5, 5.41) is 8.62. The lowest BCUT2D eigenvalue weighted by molar-refractivity contribution is 0.0690. The molecule has 0 atom stereocenters. The number of hydrogen-bond acceptors (Lipinski definition) is 3. The number of carboxylic acid groups (broad SMARTS) is 1. The molecule has 0 saturated heterocycles. The number of carbonyl (C=O) groups is 1. The predicted octanol–water partition coefficient (Wildman–Crippen LogP) is 1.05. The first-order chi connectivity index (χ1) is 5.77. The van der Waals surface area contributed by atoms with Gasteiger partial charge in [0.05, 0.1) is 0 Å². The normalized spacial score (nSPS) is 16.0. The topological polar surface area (TPSA) is 63.1 Å². The molecule has 12 heavy (non-hydrogen) atoms. The lowest BCUT2D eigenvalue weighted by Gasteiger charge is -1.96. The molecule has 0 unspecified atom stereocenters. The molecular formula is C8H8N2O2. The first kappa shape index (κ1) is 7.21. The van der Waals surface area contributed by atoms with E-state index in [0.29, 0.717) is 11.7 Å². The molecule has 0 radical (unpaired) electrons. The van der Waals surface area contributed by atoms with E-state index in [1.54, 1.807) is 0 Å². The molecule has 1 N–H and O–H groups in total. The average molecular weight is 164 g/mol. The summed E-state index contributed by atoms with van der Waals surface area (Å²) < 4.78 is 0. The Hall–Kier alpha value is -1.45. The van der Waals surface area contributed by atoms with Gasteiger partial charge in [0.25, 0.3) is 0 Å². The van der Waals surface area contributed by atoms with Crippen LogP contribution in [0.2, 0.25) is 0 Å². The predicted molar refractivity (Wildman–Crippen MR) is 41.0 cm³/mol. The Kier molecular flexibility index (Phi) is 1.53. The Balaban J connectivity index is 2.32. The maximum absolute atomic E-state index is 10.5. The molecule has 0 aromatic carbocycles. The van der Waals surface area contributed by atoms with Gasteiger partial charge in [-0.25, -0.2) is 14.8 Å². The average Bonchev–Trinajstić information content (AvgIpc) is 2.87. The highest BCUT2D eigenvalue weighted by Crippen LogP contribution is 2.37. The zero-order valence-corrected chi connectivity index (χ0v) is 6.40. The minimum atomic E-state index is -0.987. The van der Waals surface area contributed by atoms with Crippen molar-refractivity contribution in [1.29, 1.82) is 0 Å². The van der Waals surface area contributed by atoms with Crippen LogP contribution in [-0.2, 0) is 0 Å². The van der Waals surface area contributed by atoms with Crippen LogP contribution in [0.3, 0.4) is 0 Å². The molecule has 1 aromatic rings. The van der Waals surface area contributed by atoms with Crippen molar-refractivity contribution in [2.45, 2.75) is 18.8 Å². The maximum Gasteiger partial charge on any atom is 0.354 e. The van der Waals surface area contributed by atoms with E-state index in [-0.39, 0.29) is 5.69 Å². The quantitative estimate of drug-likeness (QED) is 0.709. The van der Waals surface area contributed by atoms with Gasteiger partial charge in [0, 0.05) is 12.1 Å². The van der Waals surface area contributed by atoms with Crippen molar-refractivity contribution in [2.75, 3.05) is 0 Å². The lowest BCUT2D eigenvalue weighted by atomic mass is 10.3. The summed E-state index contributed by atoms with van der Waals surface area (Å²) in [6.07, 6.45) is 3.68. The van der Waals surface area contributed by atoms with Crippen molar-refractivity contribution < 1.29 is 9.90 Å². The summed E-state index contributed by atoms with van der Waals surface area (Å²) >= 11 is 0. The molecule has 2 rings (SSSR count). The van der Waals surface area contributed by atoms with Gasteiger partial charge in [-0.3, -0.25) is 0 Å². The molecule has 1 aliphatic carbocycles. The Morgan fingerprint density at radius 3 is 2.92 bits per heavy atom. The lowest BCUT2D eigenvalue weighted by Crippen LogP contribution is -2.03. The summed E-state index contributed by atoms with van der Waals surface area (Å²) in [6, 6.07) is 1.41. The standard InChI is InChI=1S/C8H8N2O2/c11-8(12)6-3-4-9-7(10-6)5-1-2-5/h3-5H,1-2H2,(H,11,12). The highest BCUT2D eigenvalue weighted by atomic mass is 16.4. The van der Waals surface area contributed by atoms with Crippen molar-refractivity contribution in [3.63, 3.8) is 0 Å². The molecule has 0 spiro atoms. The minimum Gasteiger partial charge on any atom is -0.477 e. The van der Waals surface area contributed by atoms with E-state index in [4.69, 9.17) is 5.11 Å². The second-order valence-electron chi connectivity index (χ2n) is 2.88. The molecule has 4 nitrogen and oxygen atoms in total. The zero-order chi connectivity index (χ0) is 8.55. The molecule has 62 valence electrons. The molecule has 0 aliphatic heterocycles. The smallest absolute Gasteiger partial charge is 0.354 e. The third-order valence-electron chi connectivity index (χ3n) is 1.84. The van der Waals surface area contributed by atoms with Crippen molar-refractivity contribution in [3.8, 4) is 0 Å². The molecule has 1 aromatic heterocycles. The van der Waals surface area contributed by atoms with Gasteiger partial charge in [-0.15, -0.1) is 0 Å².